The molecule has 1 fully saturated rings. The lowest BCUT2D eigenvalue weighted by atomic mass is 9.92. The van der Waals surface area contributed by atoms with E-state index >= 15 is 0 Å². The minimum absolute atomic E-state index is 0.178. The quantitative estimate of drug-likeness (QED) is 0.383. The average Bonchev–Trinajstić information content (AvgIpc) is 3.47. The summed E-state index contributed by atoms with van der Waals surface area (Å²) < 4.78 is 0. The summed E-state index contributed by atoms with van der Waals surface area (Å²) in [4.78, 5) is 20.1. The molecule has 27 heavy (non-hydrogen) atoms. The van der Waals surface area contributed by atoms with Gasteiger partial charge >= 0.3 is 0 Å². The van der Waals surface area contributed by atoms with Gasteiger partial charge in [-0.25, -0.2) is 4.98 Å². The van der Waals surface area contributed by atoms with Gasteiger partial charge in [-0.2, -0.15) is 0 Å². The Bertz CT molecular complexity index is 1140. The Labute approximate surface area is 162 Å². The summed E-state index contributed by atoms with van der Waals surface area (Å²) in [6, 6.07) is 22.9. The monoisotopic (exact) mass is 369 g/mol. The van der Waals surface area contributed by atoms with Crippen molar-refractivity contribution in [3.05, 3.63) is 78.0 Å². The molecule has 1 aliphatic rings. The maximum Gasteiger partial charge on any atom is 0.168 e. The van der Waals surface area contributed by atoms with Crippen molar-refractivity contribution in [2.24, 2.45) is 5.92 Å². The fourth-order valence-corrected chi connectivity index (χ4v) is 4.76. The van der Waals surface area contributed by atoms with Crippen molar-refractivity contribution in [2.75, 3.05) is 0 Å². The minimum atomic E-state index is 0.178. The second-order valence-electron chi connectivity index (χ2n) is 7.15. The molecule has 4 aromatic rings. The first-order valence-electron chi connectivity index (χ1n) is 9.31. The molecule has 0 amide bonds. The first-order valence-corrected chi connectivity index (χ1v) is 10.1. The van der Waals surface area contributed by atoms with Gasteiger partial charge in [-0.05, 0) is 37.0 Å². The van der Waals surface area contributed by atoms with Crippen LogP contribution in [0.5, 0.6) is 0 Å². The predicted molar refractivity (Wildman–Crippen MR) is 112 cm³/mol. The number of hydrogen-bond acceptors (Lipinski definition) is 3. The van der Waals surface area contributed by atoms with Crippen LogP contribution >= 0.6 is 11.3 Å². The van der Waals surface area contributed by atoms with Crippen LogP contribution in [0.15, 0.2) is 66.7 Å². The number of carbonyl (C=O) groups excluding carboxylic acids is 1. The normalized spacial score (nSPS) is 13.8. The molecule has 0 N–H and O–H groups in total. The van der Waals surface area contributed by atoms with Crippen LogP contribution in [0.3, 0.4) is 0 Å². The Balaban J connectivity index is 1.81. The van der Waals surface area contributed by atoms with E-state index in [1.54, 1.807) is 11.3 Å². The summed E-state index contributed by atoms with van der Waals surface area (Å²) in [6.07, 6.45) is 2.01. The predicted octanol–water partition coefficient (Wildman–Crippen LogP) is 6.53. The van der Waals surface area contributed by atoms with Gasteiger partial charge in [0, 0.05) is 27.3 Å². The second-order valence-corrected chi connectivity index (χ2v) is 8.18. The second kappa shape index (κ2) is 6.43. The standard InChI is InChI=1S/C24H19NOS/c1-15-21(23(26)18-12-13-18)22(17-10-6-3-7-11-17)19-14-20(27-24(19)25-15)16-8-4-2-5-9-16/h2-11,14,18H,12-13H2,1H3. The zero-order valence-electron chi connectivity index (χ0n) is 15.1. The number of carbonyl (C=O) groups is 1. The van der Waals surface area contributed by atoms with Gasteiger partial charge < -0.3 is 0 Å². The third-order valence-corrected chi connectivity index (χ3v) is 6.26. The van der Waals surface area contributed by atoms with Crippen LogP contribution in [-0.2, 0) is 0 Å². The van der Waals surface area contributed by atoms with E-state index in [0.29, 0.717) is 0 Å². The molecule has 0 atom stereocenters. The van der Waals surface area contributed by atoms with Crippen LogP contribution < -0.4 is 0 Å². The highest BCUT2D eigenvalue weighted by molar-refractivity contribution is 7.22. The highest BCUT2D eigenvalue weighted by Gasteiger charge is 2.34. The molecule has 3 heteroatoms. The summed E-state index contributed by atoms with van der Waals surface area (Å²) in [5.41, 5.74) is 4.99. The number of ketones is 1. The Morgan fingerprint density at radius 1 is 0.963 bits per heavy atom. The maximum atomic E-state index is 13.1. The van der Waals surface area contributed by atoms with Gasteiger partial charge in [-0.1, -0.05) is 60.7 Å². The number of thiophene rings is 1. The molecule has 0 bridgehead atoms. The summed E-state index contributed by atoms with van der Waals surface area (Å²) in [5.74, 6) is 0.436. The molecule has 2 aromatic heterocycles. The maximum absolute atomic E-state index is 13.1. The number of benzene rings is 2. The number of Topliss-reactive ketones (excluding diaryl/α,β-unsaturated/α-hetero) is 1. The molecule has 2 nitrogen and oxygen atoms in total. The SMILES string of the molecule is Cc1nc2sc(-c3ccccc3)cc2c(-c2ccccc2)c1C(=O)C1CC1. The van der Waals surface area contributed by atoms with Crippen LogP contribution in [0, 0.1) is 12.8 Å². The highest BCUT2D eigenvalue weighted by Crippen LogP contribution is 2.43. The van der Waals surface area contributed by atoms with E-state index in [-0.39, 0.29) is 11.7 Å². The zero-order chi connectivity index (χ0) is 18.4. The molecule has 1 aliphatic carbocycles. The van der Waals surface area contributed by atoms with E-state index in [2.05, 4.69) is 42.5 Å². The molecule has 0 radical (unpaired) electrons. The summed E-state index contributed by atoms with van der Waals surface area (Å²) in [7, 11) is 0. The average molecular weight is 369 g/mol. The first-order chi connectivity index (χ1) is 13.2. The van der Waals surface area contributed by atoms with E-state index < -0.39 is 0 Å². The number of aryl methyl sites for hydroxylation is 1. The van der Waals surface area contributed by atoms with Gasteiger partial charge in [0.2, 0.25) is 0 Å². The lowest BCUT2D eigenvalue weighted by molar-refractivity contribution is 0.0967. The number of pyridine rings is 1. The van der Waals surface area contributed by atoms with Gasteiger partial charge in [0.05, 0.1) is 5.69 Å². The van der Waals surface area contributed by atoms with E-state index in [1.807, 2.05) is 31.2 Å². The van der Waals surface area contributed by atoms with E-state index in [4.69, 9.17) is 4.98 Å². The van der Waals surface area contributed by atoms with Crippen LogP contribution in [0.25, 0.3) is 31.8 Å². The molecular formula is C24H19NOS. The molecular weight excluding hydrogens is 350 g/mol. The molecule has 132 valence electrons. The fourth-order valence-electron chi connectivity index (χ4n) is 3.67. The number of fused-ring (bicyclic) bond motifs is 1. The number of rotatable bonds is 4. The van der Waals surface area contributed by atoms with Crippen molar-refractivity contribution < 1.29 is 4.79 Å². The van der Waals surface area contributed by atoms with Crippen LogP contribution in [0.4, 0.5) is 0 Å². The van der Waals surface area contributed by atoms with Crippen molar-refractivity contribution in [2.45, 2.75) is 19.8 Å². The summed E-state index contributed by atoms with van der Waals surface area (Å²) in [6.45, 7) is 1.98. The van der Waals surface area contributed by atoms with E-state index in [0.717, 1.165) is 45.4 Å². The smallest absolute Gasteiger partial charge is 0.168 e. The molecule has 2 heterocycles. The highest BCUT2D eigenvalue weighted by atomic mass is 32.1. The number of hydrogen-bond donors (Lipinski definition) is 0. The van der Waals surface area contributed by atoms with E-state index in [1.165, 1.54) is 10.4 Å². The van der Waals surface area contributed by atoms with Crippen molar-refractivity contribution >= 4 is 27.3 Å². The Morgan fingerprint density at radius 2 is 1.59 bits per heavy atom. The molecule has 2 aromatic carbocycles. The third-order valence-electron chi connectivity index (χ3n) is 5.18. The van der Waals surface area contributed by atoms with E-state index in [9.17, 15) is 4.79 Å². The van der Waals surface area contributed by atoms with Gasteiger partial charge in [0.15, 0.2) is 5.78 Å². The van der Waals surface area contributed by atoms with Crippen molar-refractivity contribution in [3.63, 3.8) is 0 Å². The lowest BCUT2D eigenvalue weighted by Crippen LogP contribution is -2.08. The lowest BCUT2D eigenvalue weighted by Gasteiger charge is -2.13. The Morgan fingerprint density at radius 3 is 2.22 bits per heavy atom. The molecule has 1 saturated carbocycles. The summed E-state index contributed by atoms with van der Waals surface area (Å²) in [5, 5.41) is 1.08. The van der Waals surface area contributed by atoms with Gasteiger partial charge in [0.25, 0.3) is 0 Å². The molecule has 5 rings (SSSR count). The molecule has 0 unspecified atom stereocenters. The van der Waals surface area contributed by atoms with Gasteiger partial charge in [-0.15, -0.1) is 11.3 Å². The minimum Gasteiger partial charge on any atom is -0.294 e. The molecule has 0 aliphatic heterocycles. The molecule has 0 spiro atoms. The van der Waals surface area contributed by atoms with Crippen molar-refractivity contribution in [1.29, 1.82) is 0 Å². The number of aromatic nitrogens is 1. The van der Waals surface area contributed by atoms with Gasteiger partial charge in [-0.3, -0.25) is 4.79 Å². The van der Waals surface area contributed by atoms with Gasteiger partial charge in [0.1, 0.15) is 4.83 Å². The fraction of sp³-hybridized carbons (Fsp3) is 0.167. The number of nitrogens with zero attached hydrogens (tertiary/aromatic N) is 1. The van der Waals surface area contributed by atoms with Crippen molar-refractivity contribution in [1.82, 2.24) is 4.98 Å². The first kappa shape index (κ1) is 16.4. The van der Waals surface area contributed by atoms with Crippen LogP contribution in [0.1, 0.15) is 28.9 Å². The summed E-state index contributed by atoms with van der Waals surface area (Å²) >= 11 is 1.70. The van der Waals surface area contributed by atoms with Crippen LogP contribution in [-0.4, -0.2) is 10.8 Å². The van der Waals surface area contributed by atoms with Crippen LogP contribution in [0.2, 0.25) is 0 Å². The Kier molecular flexibility index (Phi) is 3.91. The topological polar surface area (TPSA) is 30.0 Å². The largest absolute Gasteiger partial charge is 0.294 e. The zero-order valence-corrected chi connectivity index (χ0v) is 15.9. The third kappa shape index (κ3) is 2.88. The van der Waals surface area contributed by atoms with Crippen molar-refractivity contribution in [3.8, 4) is 21.6 Å². The molecule has 0 saturated heterocycles. The Hall–Kier alpha value is -2.78.